The van der Waals surface area contributed by atoms with Gasteiger partial charge in [-0.15, -0.1) is 0 Å². The average Bonchev–Trinajstić information content (AvgIpc) is 1.85. The molecule has 12 heavy (non-hydrogen) atoms. The largest absolute Gasteiger partial charge is 0.384 e. The monoisotopic (exact) mass is 171 g/mol. The zero-order chi connectivity index (χ0) is 9.78. The van der Waals surface area contributed by atoms with Crippen molar-refractivity contribution in [1.29, 1.82) is 0 Å². The molecule has 0 fully saturated rings. The van der Waals surface area contributed by atoms with Crippen molar-refractivity contribution in [3.8, 4) is 0 Å². The zero-order valence-corrected chi connectivity index (χ0v) is 8.15. The zero-order valence-electron chi connectivity index (χ0n) is 8.15. The Morgan fingerprint density at radius 3 is 2.33 bits per heavy atom. The summed E-state index contributed by atoms with van der Waals surface area (Å²) in [6.07, 6.45) is 0.509. The fourth-order valence-electron chi connectivity index (χ4n) is 0.983. The Hall–Kier alpha value is -0.730. The fraction of sp³-hybridized carbons (Fsp3) is 1.00. The maximum atomic E-state index is 9.51. The molecule has 0 aliphatic heterocycles. The highest BCUT2D eigenvalue weighted by molar-refractivity contribution is 4.74. The van der Waals surface area contributed by atoms with Crippen molar-refractivity contribution in [2.75, 3.05) is 0 Å². The van der Waals surface area contributed by atoms with Crippen LogP contribution in [0.3, 0.4) is 0 Å². The van der Waals surface area contributed by atoms with Crippen molar-refractivity contribution in [1.82, 2.24) is 0 Å². The van der Waals surface area contributed by atoms with Gasteiger partial charge in [-0.1, -0.05) is 25.9 Å². The van der Waals surface area contributed by atoms with Gasteiger partial charge in [-0.2, -0.15) is 0 Å². The van der Waals surface area contributed by atoms with E-state index in [-0.39, 0.29) is 0 Å². The molecule has 0 spiro atoms. The highest BCUT2D eigenvalue weighted by Crippen LogP contribution is 2.23. The first-order valence-corrected chi connectivity index (χ1v) is 4.17. The topological polar surface area (TPSA) is 69.0 Å². The lowest BCUT2D eigenvalue weighted by atomic mass is 9.90. The van der Waals surface area contributed by atoms with Crippen LogP contribution in [0, 0.1) is 11.8 Å². The summed E-state index contributed by atoms with van der Waals surface area (Å²) >= 11 is 0. The van der Waals surface area contributed by atoms with Gasteiger partial charge in [0.2, 0.25) is 0 Å². The second-order valence-electron chi connectivity index (χ2n) is 3.83. The molecular weight excluding hydrogens is 154 g/mol. The molecule has 0 amide bonds. The Bertz CT molecular complexity index is 183. The molecule has 0 aromatic heterocycles. The van der Waals surface area contributed by atoms with Crippen LogP contribution in [0.5, 0.6) is 0 Å². The summed E-state index contributed by atoms with van der Waals surface area (Å²) in [6, 6.07) is 0. The normalized spacial score (nSPS) is 18.2. The summed E-state index contributed by atoms with van der Waals surface area (Å²) < 4.78 is 0. The fourth-order valence-corrected chi connectivity index (χ4v) is 0.983. The van der Waals surface area contributed by atoms with Gasteiger partial charge in [-0.25, -0.2) is 0 Å². The summed E-state index contributed by atoms with van der Waals surface area (Å²) in [4.78, 5) is 2.59. The van der Waals surface area contributed by atoms with E-state index in [1.807, 2.05) is 6.92 Å². The van der Waals surface area contributed by atoms with E-state index in [1.54, 1.807) is 0 Å². The molecule has 0 saturated carbocycles. The first-order chi connectivity index (χ1) is 5.39. The predicted molar refractivity (Wildman–Crippen MR) is 48.4 cm³/mol. The molecule has 0 aliphatic rings. The Labute approximate surface area is 73.2 Å². The highest BCUT2D eigenvalue weighted by atomic mass is 16.3. The van der Waals surface area contributed by atoms with Crippen molar-refractivity contribution >= 4 is 0 Å². The minimum absolute atomic E-state index is 0.352. The molecule has 2 atom stereocenters. The molecule has 70 valence electrons. The number of rotatable bonds is 4. The minimum atomic E-state index is -1.24. The number of aliphatic hydroxyl groups is 1. The summed E-state index contributed by atoms with van der Waals surface area (Å²) in [6.45, 7) is 7.73. The van der Waals surface area contributed by atoms with Crippen molar-refractivity contribution in [3.05, 3.63) is 10.4 Å². The van der Waals surface area contributed by atoms with Crippen LogP contribution in [0.1, 0.15) is 34.1 Å². The van der Waals surface area contributed by atoms with E-state index in [4.69, 9.17) is 5.53 Å². The van der Waals surface area contributed by atoms with Gasteiger partial charge in [0.15, 0.2) is 0 Å². The highest BCUT2D eigenvalue weighted by Gasteiger charge is 2.22. The smallest absolute Gasteiger partial charge is 0.141 e. The molecule has 4 heteroatoms. The van der Waals surface area contributed by atoms with E-state index in [0.717, 1.165) is 0 Å². The maximum absolute atomic E-state index is 9.51. The summed E-state index contributed by atoms with van der Waals surface area (Å²) in [5, 5.41) is 12.8. The second kappa shape index (κ2) is 4.33. The van der Waals surface area contributed by atoms with Crippen molar-refractivity contribution in [3.63, 3.8) is 0 Å². The van der Waals surface area contributed by atoms with Gasteiger partial charge in [0.05, 0.1) is 0 Å². The van der Waals surface area contributed by atoms with Gasteiger partial charge in [0, 0.05) is 4.91 Å². The van der Waals surface area contributed by atoms with Crippen LogP contribution in [-0.2, 0) is 0 Å². The van der Waals surface area contributed by atoms with Crippen LogP contribution in [0.15, 0.2) is 5.11 Å². The molecule has 0 aliphatic carbocycles. The molecular formula is C8H17N3O. The number of nitrogens with zero attached hydrogens (tertiary/aromatic N) is 3. The Kier molecular flexibility index (Phi) is 4.07. The lowest BCUT2D eigenvalue weighted by Crippen LogP contribution is -2.25. The van der Waals surface area contributed by atoms with Crippen LogP contribution in [0.4, 0.5) is 0 Å². The standard InChI is InChI=1S/C8H17N3O/c1-6(2)7(3)5-8(4,12)10-11-9/h6-7,12H,5H2,1-4H3. The van der Waals surface area contributed by atoms with Gasteiger partial charge in [0.25, 0.3) is 0 Å². The molecule has 0 aromatic carbocycles. The summed E-state index contributed by atoms with van der Waals surface area (Å²) in [7, 11) is 0. The van der Waals surface area contributed by atoms with Gasteiger partial charge < -0.3 is 5.11 Å². The van der Waals surface area contributed by atoms with Gasteiger partial charge in [0.1, 0.15) is 5.72 Å². The van der Waals surface area contributed by atoms with E-state index < -0.39 is 5.72 Å². The number of hydrogen-bond donors (Lipinski definition) is 1. The Morgan fingerprint density at radius 1 is 1.50 bits per heavy atom. The summed E-state index contributed by atoms with van der Waals surface area (Å²) in [5.74, 6) is 0.843. The van der Waals surface area contributed by atoms with Crippen molar-refractivity contribution < 1.29 is 5.11 Å². The first kappa shape index (κ1) is 11.3. The van der Waals surface area contributed by atoms with Crippen LogP contribution in [-0.4, -0.2) is 10.8 Å². The lowest BCUT2D eigenvalue weighted by Gasteiger charge is -2.23. The van der Waals surface area contributed by atoms with E-state index in [9.17, 15) is 5.11 Å². The molecule has 0 bridgehead atoms. The predicted octanol–water partition coefficient (Wildman–Crippen LogP) is 2.69. The summed E-state index contributed by atoms with van der Waals surface area (Å²) in [5.41, 5.74) is 6.91. The third-order valence-corrected chi connectivity index (χ3v) is 2.11. The van der Waals surface area contributed by atoms with Gasteiger partial charge >= 0.3 is 0 Å². The van der Waals surface area contributed by atoms with E-state index in [1.165, 1.54) is 6.92 Å². The van der Waals surface area contributed by atoms with Crippen molar-refractivity contribution in [2.24, 2.45) is 17.0 Å². The molecule has 0 aromatic rings. The van der Waals surface area contributed by atoms with E-state index >= 15 is 0 Å². The van der Waals surface area contributed by atoms with Crippen LogP contribution in [0.2, 0.25) is 0 Å². The molecule has 0 rings (SSSR count). The second-order valence-corrected chi connectivity index (χ2v) is 3.83. The molecule has 0 radical (unpaired) electrons. The van der Waals surface area contributed by atoms with E-state index in [0.29, 0.717) is 18.3 Å². The number of azide groups is 1. The Balaban J connectivity index is 4.14. The van der Waals surface area contributed by atoms with Gasteiger partial charge in [-0.05, 0) is 30.7 Å². The average molecular weight is 171 g/mol. The molecule has 1 N–H and O–H groups in total. The molecule has 0 saturated heterocycles. The quantitative estimate of drug-likeness (QED) is 0.394. The Morgan fingerprint density at radius 2 is 2.00 bits per heavy atom. The molecule has 2 unspecified atom stereocenters. The third kappa shape index (κ3) is 4.21. The van der Waals surface area contributed by atoms with Gasteiger partial charge in [-0.3, -0.25) is 0 Å². The first-order valence-electron chi connectivity index (χ1n) is 4.17. The van der Waals surface area contributed by atoms with Crippen LogP contribution < -0.4 is 0 Å². The van der Waals surface area contributed by atoms with E-state index in [2.05, 4.69) is 23.9 Å². The van der Waals surface area contributed by atoms with Crippen LogP contribution >= 0.6 is 0 Å². The molecule has 4 nitrogen and oxygen atoms in total. The SMILES string of the molecule is CC(C)C(C)CC(C)(O)N=[N+]=[N-]. The third-order valence-electron chi connectivity index (χ3n) is 2.11. The van der Waals surface area contributed by atoms with Crippen LogP contribution in [0.25, 0.3) is 10.4 Å². The lowest BCUT2D eigenvalue weighted by molar-refractivity contribution is 0.0361. The number of hydrogen-bond acceptors (Lipinski definition) is 2. The minimum Gasteiger partial charge on any atom is -0.384 e. The molecule has 0 heterocycles. The van der Waals surface area contributed by atoms with Crippen molar-refractivity contribution in [2.45, 2.75) is 39.8 Å². The maximum Gasteiger partial charge on any atom is 0.141 e.